The fraction of sp³-hybridized carbons (Fsp3) is 0.500. The molecule has 1 atom stereocenters. The summed E-state index contributed by atoms with van der Waals surface area (Å²) in [5.41, 5.74) is 1.22. The topological polar surface area (TPSA) is 40.5 Å². The lowest BCUT2D eigenvalue weighted by molar-refractivity contribution is -0.137. The molecule has 1 N–H and O–H groups in total. The summed E-state index contributed by atoms with van der Waals surface area (Å²) >= 11 is 5.86. The molecule has 1 aromatic rings. The number of rotatable bonds is 7. The molecule has 4 heteroatoms. The maximum atomic E-state index is 10.4. The molecule has 18 heavy (non-hydrogen) atoms. The summed E-state index contributed by atoms with van der Waals surface area (Å²) in [6.07, 6.45) is 1.89. The van der Waals surface area contributed by atoms with E-state index in [-0.39, 0.29) is 6.42 Å². The van der Waals surface area contributed by atoms with Crippen molar-refractivity contribution < 1.29 is 9.90 Å². The number of hydrogen-bond acceptors (Lipinski definition) is 2. The van der Waals surface area contributed by atoms with Gasteiger partial charge in [0.1, 0.15) is 0 Å². The van der Waals surface area contributed by atoms with Crippen molar-refractivity contribution in [3.8, 4) is 0 Å². The zero-order valence-electron chi connectivity index (χ0n) is 10.9. The molecule has 0 aliphatic rings. The molecule has 0 aromatic heterocycles. The van der Waals surface area contributed by atoms with Gasteiger partial charge in [0.25, 0.3) is 0 Å². The van der Waals surface area contributed by atoms with Crippen LogP contribution < -0.4 is 0 Å². The zero-order valence-corrected chi connectivity index (χ0v) is 11.7. The van der Waals surface area contributed by atoms with E-state index in [4.69, 9.17) is 16.7 Å². The molecule has 0 saturated heterocycles. The van der Waals surface area contributed by atoms with Crippen LogP contribution in [-0.2, 0) is 4.79 Å². The Labute approximate surface area is 113 Å². The number of carboxylic acids is 1. The van der Waals surface area contributed by atoms with Gasteiger partial charge in [0.05, 0.1) is 0 Å². The van der Waals surface area contributed by atoms with Crippen molar-refractivity contribution in [1.82, 2.24) is 4.90 Å². The summed E-state index contributed by atoms with van der Waals surface area (Å²) in [4.78, 5) is 12.6. The Morgan fingerprint density at radius 3 is 2.50 bits per heavy atom. The first-order valence-corrected chi connectivity index (χ1v) is 6.56. The maximum Gasteiger partial charge on any atom is 0.303 e. The second kappa shape index (κ2) is 7.39. The van der Waals surface area contributed by atoms with Crippen LogP contribution in [0, 0.1) is 0 Å². The van der Waals surface area contributed by atoms with Crippen LogP contribution in [0.1, 0.15) is 37.8 Å². The van der Waals surface area contributed by atoms with Crippen LogP contribution in [0.15, 0.2) is 24.3 Å². The summed E-state index contributed by atoms with van der Waals surface area (Å²) in [5.74, 6) is -0.719. The minimum atomic E-state index is -0.719. The van der Waals surface area contributed by atoms with Crippen molar-refractivity contribution in [2.24, 2.45) is 0 Å². The third-order valence-corrected chi connectivity index (χ3v) is 3.42. The Bertz CT molecular complexity index is 378. The van der Waals surface area contributed by atoms with Crippen LogP contribution in [0.4, 0.5) is 0 Å². The molecule has 0 heterocycles. The Hall–Kier alpha value is -1.06. The predicted molar refractivity (Wildman–Crippen MR) is 74.0 cm³/mol. The van der Waals surface area contributed by atoms with Gasteiger partial charge in [-0.05, 0) is 51.1 Å². The van der Waals surface area contributed by atoms with E-state index in [0.717, 1.165) is 24.4 Å². The molecule has 100 valence electrons. The third kappa shape index (κ3) is 5.07. The number of carboxylic acid groups (broad SMARTS) is 1. The maximum absolute atomic E-state index is 10.4. The Kier molecular flexibility index (Phi) is 6.16. The number of nitrogens with zero attached hydrogens (tertiary/aromatic N) is 1. The first-order valence-electron chi connectivity index (χ1n) is 6.18. The van der Waals surface area contributed by atoms with Crippen molar-refractivity contribution in [1.29, 1.82) is 0 Å². The van der Waals surface area contributed by atoms with Crippen molar-refractivity contribution in [3.63, 3.8) is 0 Å². The van der Waals surface area contributed by atoms with Gasteiger partial charge in [0.15, 0.2) is 0 Å². The quantitative estimate of drug-likeness (QED) is 0.769. The Balaban J connectivity index is 2.38. The number of carbonyl (C=O) groups is 1. The average Bonchev–Trinajstić information content (AvgIpc) is 2.34. The number of halogens is 1. The van der Waals surface area contributed by atoms with Gasteiger partial charge in [-0.15, -0.1) is 0 Å². The van der Waals surface area contributed by atoms with Crippen molar-refractivity contribution in [2.75, 3.05) is 13.6 Å². The lowest BCUT2D eigenvalue weighted by Crippen LogP contribution is -2.23. The van der Waals surface area contributed by atoms with Gasteiger partial charge in [-0.25, -0.2) is 0 Å². The molecule has 1 unspecified atom stereocenters. The van der Waals surface area contributed by atoms with Crippen molar-refractivity contribution >= 4 is 17.6 Å². The van der Waals surface area contributed by atoms with E-state index in [1.165, 1.54) is 5.56 Å². The molecule has 0 spiro atoms. The summed E-state index contributed by atoms with van der Waals surface area (Å²) in [6, 6.07) is 8.16. The van der Waals surface area contributed by atoms with Gasteiger partial charge in [0, 0.05) is 17.5 Å². The molecule has 0 saturated carbocycles. The summed E-state index contributed by atoms with van der Waals surface area (Å²) in [6.45, 7) is 3.04. The summed E-state index contributed by atoms with van der Waals surface area (Å²) in [5, 5.41) is 9.31. The van der Waals surface area contributed by atoms with E-state index < -0.39 is 5.97 Å². The minimum absolute atomic E-state index is 0.253. The number of hydrogen-bond donors (Lipinski definition) is 1. The average molecular weight is 270 g/mol. The normalized spacial score (nSPS) is 12.7. The van der Waals surface area contributed by atoms with Gasteiger partial charge >= 0.3 is 5.97 Å². The van der Waals surface area contributed by atoms with Crippen molar-refractivity contribution in [2.45, 2.75) is 32.2 Å². The van der Waals surface area contributed by atoms with Gasteiger partial charge in [0.2, 0.25) is 0 Å². The van der Waals surface area contributed by atoms with Crippen LogP contribution >= 0.6 is 11.6 Å². The molecular weight excluding hydrogens is 250 g/mol. The minimum Gasteiger partial charge on any atom is -0.481 e. The summed E-state index contributed by atoms with van der Waals surface area (Å²) < 4.78 is 0. The largest absolute Gasteiger partial charge is 0.481 e. The van der Waals surface area contributed by atoms with Crippen LogP contribution in [-0.4, -0.2) is 29.6 Å². The second-order valence-corrected chi connectivity index (χ2v) is 5.00. The molecule has 0 fully saturated rings. The second-order valence-electron chi connectivity index (χ2n) is 4.56. The predicted octanol–water partition coefficient (Wildman–Crippen LogP) is 3.59. The van der Waals surface area contributed by atoms with E-state index in [0.29, 0.717) is 6.04 Å². The highest BCUT2D eigenvalue weighted by atomic mass is 35.5. The number of benzene rings is 1. The molecule has 3 nitrogen and oxygen atoms in total. The van der Waals surface area contributed by atoms with Gasteiger partial charge < -0.3 is 5.11 Å². The first-order chi connectivity index (χ1) is 8.50. The van der Waals surface area contributed by atoms with E-state index >= 15 is 0 Å². The SMILES string of the molecule is CC(c1ccc(Cl)cc1)N(C)CCCCC(=O)O. The molecular formula is C14H20ClNO2. The van der Waals surface area contributed by atoms with Gasteiger partial charge in [-0.1, -0.05) is 23.7 Å². The molecule has 0 aliphatic carbocycles. The fourth-order valence-corrected chi connectivity index (χ4v) is 1.95. The van der Waals surface area contributed by atoms with E-state index in [2.05, 4.69) is 18.9 Å². The lowest BCUT2D eigenvalue weighted by atomic mass is 10.1. The number of unbranched alkanes of at least 4 members (excludes halogenated alkanes) is 1. The Morgan fingerprint density at radius 2 is 1.94 bits per heavy atom. The monoisotopic (exact) mass is 269 g/mol. The van der Waals surface area contributed by atoms with Crippen molar-refractivity contribution in [3.05, 3.63) is 34.9 Å². The zero-order chi connectivity index (χ0) is 13.5. The molecule has 0 radical (unpaired) electrons. The standard InChI is InChI=1S/C14H20ClNO2/c1-11(12-6-8-13(15)9-7-12)16(2)10-4-3-5-14(17)18/h6-9,11H,3-5,10H2,1-2H3,(H,17,18). The van der Waals surface area contributed by atoms with Gasteiger partial charge in [-0.3, -0.25) is 9.69 Å². The van der Waals surface area contributed by atoms with Crippen LogP contribution in [0.2, 0.25) is 5.02 Å². The smallest absolute Gasteiger partial charge is 0.303 e. The molecule has 0 aliphatic heterocycles. The number of aliphatic carboxylic acids is 1. The van der Waals surface area contributed by atoms with Crippen LogP contribution in [0.5, 0.6) is 0 Å². The fourth-order valence-electron chi connectivity index (χ4n) is 1.83. The highest BCUT2D eigenvalue weighted by molar-refractivity contribution is 6.30. The van der Waals surface area contributed by atoms with E-state index in [1.54, 1.807) is 0 Å². The Morgan fingerprint density at radius 1 is 1.33 bits per heavy atom. The molecule has 1 rings (SSSR count). The van der Waals surface area contributed by atoms with E-state index in [1.807, 2.05) is 24.3 Å². The highest BCUT2D eigenvalue weighted by Gasteiger charge is 2.11. The first kappa shape index (κ1) is 15.0. The van der Waals surface area contributed by atoms with Crippen LogP contribution in [0.3, 0.4) is 0 Å². The molecule has 1 aromatic carbocycles. The highest BCUT2D eigenvalue weighted by Crippen LogP contribution is 2.21. The van der Waals surface area contributed by atoms with Crippen LogP contribution in [0.25, 0.3) is 0 Å². The molecule has 0 bridgehead atoms. The third-order valence-electron chi connectivity index (χ3n) is 3.17. The van der Waals surface area contributed by atoms with E-state index in [9.17, 15) is 4.79 Å². The molecule has 0 amide bonds. The van der Waals surface area contributed by atoms with Gasteiger partial charge in [-0.2, -0.15) is 0 Å². The summed E-state index contributed by atoms with van der Waals surface area (Å²) in [7, 11) is 2.06. The lowest BCUT2D eigenvalue weighted by Gasteiger charge is -2.25.